The third kappa shape index (κ3) is 5.40. The first-order valence-electron chi connectivity index (χ1n) is 9.92. The molecule has 9 nitrogen and oxygen atoms in total. The van der Waals surface area contributed by atoms with Gasteiger partial charge in [0.2, 0.25) is 5.75 Å². The molecule has 0 aliphatic carbocycles. The summed E-state index contributed by atoms with van der Waals surface area (Å²) in [5, 5.41) is 66.4. The van der Waals surface area contributed by atoms with Gasteiger partial charge in [-0.15, -0.1) is 0 Å². The number of hydrogen-bond acceptors (Lipinski definition) is 8. The number of nitrogens with one attached hydrogen (secondary N) is 2. The molecule has 1 unspecified atom stereocenters. The molecule has 3 rings (SSSR count). The van der Waals surface area contributed by atoms with Gasteiger partial charge in [-0.3, -0.25) is 0 Å². The molecular weight excluding hydrogens is 452 g/mol. The van der Waals surface area contributed by atoms with Crippen LogP contribution in [-0.4, -0.2) is 56.2 Å². The van der Waals surface area contributed by atoms with E-state index in [4.69, 9.17) is 11.6 Å². The van der Waals surface area contributed by atoms with Gasteiger partial charge in [0, 0.05) is 30.3 Å². The minimum atomic E-state index is -1.66. The standard InChI is InChI=1S/C23H23ClN2O7/c24-14-5-1-3-12(9-14)16(27)11-25-7-8-26-15-6-2-4-13(10-15)17-19(28)18(23(32)33)21(30)22(31)20(17)29/h1-6,9-10,16,25-31H,7-8,11H2,(H,32,33). The number of halogens is 1. The molecule has 0 aromatic heterocycles. The first kappa shape index (κ1) is 24.0. The maximum atomic E-state index is 11.4. The number of carboxylic acid groups (broad SMARTS) is 1. The van der Waals surface area contributed by atoms with Crippen molar-refractivity contribution in [3.05, 3.63) is 64.7 Å². The van der Waals surface area contributed by atoms with Crippen molar-refractivity contribution in [1.29, 1.82) is 0 Å². The van der Waals surface area contributed by atoms with E-state index >= 15 is 0 Å². The van der Waals surface area contributed by atoms with Crippen LogP contribution in [0.5, 0.6) is 23.0 Å². The highest BCUT2D eigenvalue weighted by atomic mass is 35.5. The molecule has 10 heteroatoms. The average Bonchev–Trinajstić information content (AvgIpc) is 2.77. The van der Waals surface area contributed by atoms with Crippen molar-refractivity contribution in [1.82, 2.24) is 5.32 Å². The van der Waals surface area contributed by atoms with E-state index in [2.05, 4.69) is 10.6 Å². The Morgan fingerprint density at radius 1 is 0.909 bits per heavy atom. The van der Waals surface area contributed by atoms with Crippen LogP contribution in [0.15, 0.2) is 48.5 Å². The van der Waals surface area contributed by atoms with Crippen LogP contribution < -0.4 is 10.6 Å². The second kappa shape index (κ2) is 10.3. The van der Waals surface area contributed by atoms with Gasteiger partial charge in [0.25, 0.3) is 0 Å². The summed E-state index contributed by atoms with van der Waals surface area (Å²) in [4.78, 5) is 11.4. The fraction of sp³-hybridized carbons (Fsp3) is 0.174. The lowest BCUT2D eigenvalue weighted by atomic mass is 9.98. The van der Waals surface area contributed by atoms with Crippen molar-refractivity contribution in [3.63, 3.8) is 0 Å². The maximum Gasteiger partial charge on any atom is 0.343 e. The van der Waals surface area contributed by atoms with Crippen LogP contribution >= 0.6 is 11.6 Å². The van der Waals surface area contributed by atoms with Crippen molar-refractivity contribution in [2.24, 2.45) is 0 Å². The van der Waals surface area contributed by atoms with Crippen molar-refractivity contribution >= 4 is 23.3 Å². The van der Waals surface area contributed by atoms with Crippen LogP contribution in [0.3, 0.4) is 0 Å². The quantitative estimate of drug-likeness (QED) is 0.132. The Morgan fingerprint density at radius 2 is 1.64 bits per heavy atom. The first-order chi connectivity index (χ1) is 15.7. The number of phenols is 4. The van der Waals surface area contributed by atoms with Crippen molar-refractivity contribution in [2.75, 3.05) is 25.0 Å². The van der Waals surface area contributed by atoms with E-state index in [9.17, 15) is 35.4 Å². The Kier molecular flexibility index (Phi) is 7.49. The van der Waals surface area contributed by atoms with Crippen LogP contribution in [0.4, 0.5) is 5.69 Å². The molecule has 0 aliphatic heterocycles. The number of phenolic OH excluding ortho intramolecular Hbond substituents is 2. The summed E-state index contributed by atoms with van der Waals surface area (Å²) >= 11 is 5.93. The van der Waals surface area contributed by atoms with E-state index in [-0.39, 0.29) is 11.1 Å². The number of carboxylic acids is 1. The van der Waals surface area contributed by atoms with Crippen LogP contribution in [0, 0.1) is 0 Å². The first-order valence-corrected chi connectivity index (χ1v) is 10.3. The Morgan fingerprint density at radius 3 is 2.33 bits per heavy atom. The third-order valence-electron chi connectivity index (χ3n) is 4.96. The van der Waals surface area contributed by atoms with Gasteiger partial charge in [0.1, 0.15) is 11.3 Å². The fourth-order valence-electron chi connectivity index (χ4n) is 3.32. The molecule has 0 radical (unpaired) electrons. The summed E-state index contributed by atoms with van der Waals surface area (Å²) in [6.45, 7) is 1.28. The van der Waals surface area contributed by atoms with Crippen molar-refractivity contribution in [3.8, 4) is 34.1 Å². The van der Waals surface area contributed by atoms with E-state index in [1.165, 1.54) is 12.1 Å². The SMILES string of the molecule is O=C(O)c1c(O)c(O)c(O)c(-c2cccc(NCCNCC(O)c3cccc(Cl)c3)c2)c1O. The molecule has 0 heterocycles. The highest BCUT2D eigenvalue weighted by molar-refractivity contribution is 6.30. The van der Waals surface area contributed by atoms with Crippen LogP contribution in [0.2, 0.25) is 5.02 Å². The summed E-state index contributed by atoms with van der Waals surface area (Å²) in [6.07, 6.45) is -0.719. The fourth-order valence-corrected chi connectivity index (χ4v) is 3.52. The minimum absolute atomic E-state index is 0.220. The van der Waals surface area contributed by atoms with E-state index < -0.39 is 40.6 Å². The van der Waals surface area contributed by atoms with Gasteiger partial charge >= 0.3 is 5.97 Å². The van der Waals surface area contributed by atoms with Crippen molar-refractivity contribution in [2.45, 2.75) is 6.10 Å². The number of rotatable bonds is 9. The summed E-state index contributed by atoms with van der Waals surface area (Å²) in [7, 11) is 0. The Hall–Kier alpha value is -3.66. The zero-order chi connectivity index (χ0) is 24.1. The summed E-state index contributed by atoms with van der Waals surface area (Å²) in [6, 6.07) is 13.3. The van der Waals surface area contributed by atoms with E-state index in [0.717, 1.165) is 0 Å². The molecule has 0 amide bonds. The molecule has 1 atom stereocenters. The molecule has 0 fully saturated rings. The van der Waals surface area contributed by atoms with E-state index in [1.54, 1.807) is 36.4 Å². The molecule has 174 valence electrons. The van der Waals surface area contributed by atoms with Crippen molar-refractivity contribution < 1.29 is 35.4 Å². The normalized spacial score (nSPS) is 11.8. The predicted octanol–water partition coefficient (Wildman–Crippen LogP) is 3.26. The molecule has 0 saturated carbocycles. The van der Waals surface area contributed by atoms with Gasteiger partial charge in [-0.25, -0.2) is 4.79 Å². The zero-order valence-electron chi connectivity index (χ0n) is 17.3. The third-order valence-corrected chi connectivity index (χ3v) is 5.20. The monoisotopic (exact) mass is 474 g/mol. The summed E-state index contributed by atoms with van der Waals surface area (Å²) in [5.74, 6) is -5.54. The molecular formula is C23H23ClN2O7. The summed E-state index contributed by atoms with van der Waals surface area (Å²) in [5.41, 5.74) is 0.272. The van der Waals surface area contributed by atoms with Gasteiger partial charge in [-0.1, -0.05) is 35.9 Å². The van der Waals surface area contributed by atoms with Gasteiger partial charge in [0.05, 0.1) is 11.7 Å². The second-order valence-electron chi connectivity index (χ2n) is 7.23. The number of aliphatic hydroxyl groups is 1. The van der Waals surface area contributed by atoms with Gasteiger partial charge < -0.3 is 41.3 Å². The smallest absolute Gasteiger partial charge is 0.343 e. The Balaban J connectivity index is 1.66. The number of carbonyl (C=O) groups is 1. The summed E-state index contributed by atoms with van der Waals surface area (Å²) < 4.78 is 0. The highest BCUT2D eigenvalue weighted by Gasteiger charge is 2.28. The number of anilines is 1. The zero-order valence-corrected chi connectivity index (χ0v) is 18.0. The molecule has 0 aliphatic rings. The van der Waals surface area contributed by atoms with E-state index in [0.29, 0.717) is 35.9 Å². The molecule has 0 bridgehead atoms. The highest BCUT2D eigenvalue weighted by Crippen LogP contribution is 2.51. The lowest BCUT2D eigenvalue weighted by molar-refractivity contribution is 0.0689. The van der Waals surface area contributed by atoms with Gasteiger partial charge in [-0.2, -0.15) is 0 Å². The molecule has 33 heavy (non-hydrogen) atoms. The van der Waals surface area contributed by atoms with E-state index in [1.807, 2.05) is 0 Å². The van der Waals surface area contributed by atoms with Crippen LogP contribution in [0.1, 0.15) is 22.0 Å². The minimum Gasteiger partial charge on any atom is -0.506 e. The van der Waals surface area contributed by atoms with Crippen LogP contribution in [-0.2, 0) is 0 Å². The predicted molar refractivity (Wildman–Crippen MR) is 123 cm³/mol. The molecule has 3 aromatic rings. The lowest BCUT2D eigenvalue weighted by Gasteiger charge is -2.15. The Bertz CT molecular complexity index is 1170. The number of benzene rings is 3. The van der Waals surface area contributed by atoms with Crippen LogP contribution in [0.25, 0.3) is 11.1 Å². The molecule has 0 saturated heterocycles. The molecule has 8 N–H and O–H groups in total. The van der Waals surface area contributed by atoms with Gasteiger partial charge in [-0.05, 0) is 35.4 Å². The molecule has 3 aromatic carbocycles. The maximum absolute atomic E-state index is 11.4. The topological polar surface area (TPSA) is 163 Å². The Labute approximate surface area is 194 Å². The van der Waals surface area contributed by atoms with Gasteiger partial charge in [0.15, 0.2) is 11.5 Å². The lowest BCUT2D eigenvalue weighted by Crippen LogP contribution is -2.26. The largest absolute Gasteiger partial charge is 0.506 e. The number of aromatic carboxylic acids is 1. The number of hydrogen-bond donors (Lipinski definition) is 8. The average molecular weight is 475 g/mol. The molecule has 0 spiro atoms. The second-order valence-corrected chi connectivity index (χ2v) is 7.67. The number of aliphatic hydroxyl groups excluding tert-OH is 1. The number of aromatic hydroxyl groups is 4.